The Morgan fingerprint density at radius 1 is 1.00 bits per heavy atom. The molecule has 0 radical (unpaired) electrons. The summed E-state index contributed by atoms with van der Waals surface area (Å²) in [5, 5.41) is 10.5. The van der Waals surface area contributed by atoms with E-state index in [1.54, 1.807) is 0 Å². The average molecular weight is 468 g/mol. The Bertz CT molecular complexity index is 1300. The first-order valence-electron chi connectivity index (χ1n) is 12.8. The molecule has 7 nitrogen and oxygen atoms in total. The molecule has 4 aromatic rings. The van der Waals surface area contributed by atoms with Crippen LogP contribution >= 0.6 is 0 Å². The Morgan fingerprint density at radius 3 is 2.69 bits per heavy atom. The van der Waals surface area contributed by atoms with Crippen molar-refractivity contribution in [2.24, 2.45) is 0 Å². The molecule has 6 rings (SSSR count). The maximum atomic E-state index is 5.04. The van der Waals surface area contributed by atoms with Gasteiger partial charge in [0, 0.05) is 18.7 Å². The molecule has 2 aromatic heterocycles. The quantitative estimate of drug-likeness (QED) is 0.255. The highest BCUT2D eigenvalue weighted by Crippen LogP contribution is 2.34. The van der Waals surface area contributed by atoms with E-state index in [1.807, 2.05) is 6.20 Å². The van der Waals surface area contributed by atoms with E-state index < -0.39 is 0 Å². The summed E-state index contributed by atoms with van der Waals surface area (Å²) >= 11 is 0. The molecule has 2 aromatic carbocycles. The van der Waals surface area contributed by atoms with Gasteiger partial charge in [-0.25, -0.2) is 9.97 Å². The van der Waals surface area contributed by atoms with Crippen LogP contribution in [-0.4, -0.2) is 33.0 Å². The number of fused-ring (bicyclic) bond motifs is 3. The third-order valence-corrected chi connectivity index (χ3v) is 7.04. The summed E-state index contributed by atoms with van der Waals surface area (Å²) in [6.07, 6.45) is 5.40. The first kappa shape index (κ1) is 22.2. The summed E-state index contributed by atoms with van der Waals surface area (Å²) in [6.45, 7) is 6.67. The SMILES string of the molecule is CCCNCc1ncc(-c2ccc(-c3ccc4c(c3)CNCc3[nH]c([C@@H]5CCCN5)nc3-4)cc2)[nH]1. The molecule has 4 heterocycles. The molecule has 0 saturated carbocycles. The normalized spacial score (nSPS) is 17.2. The van der Waals surface area contributed by atoms with Gasteiger partial charge in [-0.15, -0.1) is 0 Å². The molecule has 180 valence electrons. The predicted molar refractivity (Wildman–Crippen MR) is 140 cm³/mol. The van der Waals surface area contributed by atoms with Crippen molar-refractivity contribution in [2.45, 2.75) is 51.9 Å². The van der Waals surface area contributed by atoms with Crippen LogP contribution in [0.25, 0.3) is 33.6 Å². The minimum atomic E-state index is 0.349. The van der Waals surface area contributed by atoms with Gasteiger partial charge in [-0.2, -0.15) is 0 Å². The number of nitrogens with one attached hydrogen (secondary N) is 5. The number of rotatable bonds is 7. The van der Waals surface area contributed by atoms with Crippen LogP contribution in [0.4, 0.5) is 0 Å². The van der Waals surface area contributed by atoms with Gasteiger partial charge in [-0.1, -0.05) is 43.3 Å². The van der Waals surface area contributed by atoms with E-state index in [-0.39, 0.29) is 0 Å². The van der Waals surface area contributed by atoms with E-state index in [4.69, 9.17) is 4.98 Å². The molecule has 0 aliphatic carbocycles. The molecule has 35 heavy (non-hydrogen) atoms. The average Bonchev–Trinajstić information content (AvgIpc) is 3.64. The first-order chi connectivity index (χ1) is 17.3. The summed E-state index contributed by atoms with van der Waals surface area (Å²) in [7, 11) is 0. The van der Waals surface area contributed by atoms with Crippen LogP contribution in [0.15, 0.2) is 48.7 Å². The van der Waals surface area contributed by atoms with E-state index in [0.717, 1.165) is 74.2 Å². The predicted octanol–water partition coefficient (Wildman–Crippen LogP) is 4.66. The molecule has 5 N–H and O–H groups in total. The molecule has 1 fully saturated rings. The molecule has 0 amide bonds. The van der Waals surface area contributed by atoms with Crippen molar-refractivity contribution in [3.05, 3.63) is 71.6 Å². The van der Waals surface area contributed by atoms with Gasteiger partial charge in [0.25, 0.3) is 0 Å². The molecule has 2 aliphatic heterocycles. The zero-order chi connectivity index (χ0) is 23.6. The summed E-state index contributed by atoms with van der Waals surface area (Å²) in [5.41, 5.74) is 9.44. The van der Waals surface area contributed by atoms with Gasteiger partial charge in [0.2, 0.25) is 0 Å². The van der Waals surface area contributed by atoms with E-state index in [1.165, 1.54) is 34.4 Å². The standard InChI is InChI=1S/C28H33N7/c1-2-11-29-17-26-32-16-24(33-26)19-7-5-18(6-8-19)20-9-10-22-21(13-20)14-30-15-25-27(22)35-28(34-25)23-4-3-12-31-23/h5-10,13,16,23,29-31H,2-4,11-12,14-15,17H2,1H3,(H,32,33)(H,34,35)/t23-/m0/s1. The molecule has 0 unspecified atom stereocenters. The van der Waals surface area contributed by atoms with Crippen molar-refractivity contribution in [1.29, 1.82) is 0 Å². The molecule has 2 aliphatic rings. The molecule has 0 spiro atoms. The highest BCUT2D eigenvalue weighted by Gasteiger charge is 2.24. The number of hydrogen-bond acceptors (Lipinski definition) is 5. The third kappa shape index (κ3) is 4.55. The topological polar surface area (TPSA) is 93.4 Å². The maximum absolute atomic E-state index is 5.04. The number of aromatic nitrogens is 4. The van der Waals surface area contributed by atoms with Crippen LogP contribution in [0.3, 0.4) is 0 Å². The summed E-state index contributed by atoms with van der Waals surface area (Å²) in [6, 6.07) is 15.8. The largest absolute Gasteiger partial charge is 0.343 e. The fourth-order valence-corrected chi connectivity index (χ4v) is 5.16. The van der Waals surface area contributed by atoms with Gasteiger partial charge in [0.1, 0.15) is 11.6 Å². The number of aromatic amines is 2. The number of hydrogen-bond donors (Lipinski definition) is 5. The Labute approximate surface area is 206 Å². The Kier molecular flexibility index (Phi) is 6.21. The minimum absolute atomic E-state index is 0.349. The monoisotopic (exact) mass is 467 g/mol. The second-order valence-electron chi connectivity index (χ2n) is 9.57. The molecule has 0 bridgehead atoms. The van der Waals surface area contributed by atoms with Crippen molar-refractivity contribution in [3.8, 4) is 33.6 Å². The first-order valence-corrected chi connectivity index (χ1v) is 12.8. The van der Waals surface area contributed by atoms with E-state index in [0.29, 0.717) is 6.04 Å². The van der Waals surface area contributed by atoms with Crippen molar-refractivity contribution in [3.63, 3.8) is 0 Å². The highest BCUT2D eigenvalue weighted by atomic mass is 15.1. The van der Waals surface area contributed by atoms with Crippen molar-refractivity contribution in [1.82, 2.24) is 35.9 Å². The second kappa shape index (κ2) is 9.77. The van der Waals surface area contributed by atoms with Crippen LogP contribution in [0, 0.1) is 0 Å². The smallest absolute Gasteiger partial charge is 0.124 e. The van der Waals surface area contributed by atoms with Gasteiger partial charge in [-0.05, 0) is 60.7 Å². The molecule has 1 atom stereocenters. The van der Waals surface area contributed by atoms with Crippen LogP contribution in [0.5, 0.6) is 0 Å². The maximum Gasteiger partial charge on any atom is 0.124 e. The van der Waals surface area contributed by atoms with Crippen LogP contribution in [0.2, 0.25) is 0 Å². The molecular weight excluding hydrogens is 434 g/mol. The lowest BCUT2D eigenvalue weighted by Crippen LogP contribution is -2.15. The van der Waals surface area contributed by atoms with Gasteiger partial charge in [0.15, 0.2) is 0 Å². The summed E-state index contributed by atoms with van der Waals surface area (Å²) < 4.78 is 0. The zero-order valence-electron chi connectivity index (χ0n) is 20.2. The number of H-pyrrole nitrogens is 2. The molecular formula is C28H33N7. The summed E-state index contributed by atoms with van der Waals surface area (Å²) in [5.74, 6) is 2.05. The lowest BCUT2D eigenvalue weighted by molar-refractivity contribution is 0.607. The lowest BCUT2D eigenvalue weighted by Gasteiger charge is -2.10. The number of benzene rings is 2. The Morgan fingerprint density at radius 2 is 1.86 bits per heavy atom. The number of nitrogens with zero attached hydrogens (tertiary/aromatic N) is 2. The zero-order valence-corrected chi connectivity index (χ0v) is 20.2. The van der Waals surface area contributed by atoms with E-state index in [9.17, 15) is 0 Å². The lowest BCUT2D eigenvalue weighted by atomic mass is 9.96. The fraction of sp³-hybridized carbons (Fsp3) is 0.357. The van der Waals surface area contributed by atoms with Gasteiger partial charge < -0.3 is 25.9 Å². The van der Waals surface area contributed by atoms with Crippen molar-refractivity contribution in [2.75, 3.05) is 13.1 Å². The Balaban J connectivity index is 1.23. The van der Waals surface area contributed by atoms with Crippen LogP contribution in [0.1, 0.15) is 55.1 Å². The van der Waals surface area contributed by atoms with Crippen molar-refractivity contribution < 1.29 is 0 Å². The van der Waals surface area contributed by atoms with Crippen LogP contribution < -0.4 is 16.0 Å². The minimum Gasteiger partial charge on any atom is -0.343 e. The molecule has 1 saturated heterocycles. The Hall–Kier alpha value is -3.26. The van der Waals surface area contributed by atoms with Gasteiger partial charge in [-0.3, -0.25) is 0 Å². The molecule has 7 heteroatoms. The van der Waals surface area contributed by atoms with Crippen LogP contribution in [-0.2, 0) is 19.6 Å². The van der Waals surface area contributed by atoms with Gasteiger partial charge in [0.05, 0.1) is 35.9 Å². The third-order valence-electron chi connectivity index (χ3n) is 7.04. The highest BCUT2D eigenvalue weighted by molar-refractivity contribution is 5.75. The summed E-state index contributed by atoms with van der Waals surface area (Å²) in [4.78, 5) is 16.6. The number of imidazole rings is 2. The van der Waals surface area contributed by atoms with Crippen molar-refractivity contribution >= 4 is 0 Å². The fourth-order valence-electron chi connectivity index (χ4n) is 5.16. The van der Waals surface area contributed by atoms with E-state index in [2.05, 4.69) is 80.3 Å². The second-order valence-corrected chi connectivity index (χ2v) is 9.57. The van der Waals surface area contributed by atoms with E-state index >= 15 is 0 Å². The van der Waals surface area contributed by atoms with Gasteiger partial charge >= 0.3 is 0 Å².